The Labute approximate surface area is 127 Å². The van der Waals surface area contributed by atoms with Gasteiger partial charge in [0.2, 0.25) is 5.95 Å². The third-order valence-corrected chi connectivity index (χ3v) is 3.96. The lowest BCUT2D eigenvalue weighted by molar-refractivity contribution is 0.0392. The zero-order chi connectivity index (χ0) is 13.9. The van der Waals surface area contributed by atoms with Crippen molar-refractivity contribution in [2.75, 3.05) is 24.6 Å². The SMILES string of the molecule is Clc1ccc(C2CN(c3ncccn3)CCO2)cc1Cl. The lowest BCUT2D eigenvalue weighted by atomic mass is 10.1. The largest absolute Gasteiger partial charge is 0.370 e. The fraction of sp³-hybridized carbons (Fsp3) is 0.286. The summed E-state index contributed by atoms with van der Waals surface area (Å²) < 4.78 is 5.81. The van der Waals surface area contributed by atoms with E-state index in [1.165, 1.54) is 0 Å². The van der Waals surface area contributed by atoms with Crippen LogP contribution in [0.5, 0.6) is 0 Å². The first kappa shape index (κ1) is 13.6. The summed E-state index contributed by atoms with van der Waals surface area (Å²) in [7, 11) is 0. The molecule has 4 nitrogen and oxygen atoms in total. The highest BCUT2D eigenvalue weighted by Gasteiger charge is 2.23. The van der Waals surface area contributed by atoms with Crippen LogP contribution in [-0.4, -0.2) is 29.7 Å². The van der Waals surface area contributed by atoms with E-state index in [-0.39, 0.29) is 6.10 Å². The van der Waals surface area contributed by atoms with E-state index in [0.717, 1.165) is 18.1 Å². The van der Waals surface area contributed by atoms with Crippen molar-refractivity contribution in [3.63, 3.8) is 0 Å². The van der Waals surface area contributed by atoms with Crippen LogP contribution in [0.4, 0.5) is 5.95 Å². The Hall–Kier alpha value is -1.36. The van der Waals surface area contributed by atoms with Gasteiger partial charge >= 0.3 is 0 Å². The van der Waals surface area contributed by atoms with Crippen molar-refractivity contribution in [1.82, 2.24) is 9.97 Å². The molecular formula is C14H13Cl2N3O. The van der Waals surface area contributed by atoms with E-state index in [2.05, 4.69) is 14.9 Å². The van der Waals surface area contributed by atoms with Crippen LogP contribution in [0.3, 0.4) is 0 Å². The van der Waals surface area contributed by atoms with E-state index >= 15 is 0 Å². The molecule has 2 heterocycles. The molecule has 1 aromatic heterocycles. The number of hydrogen-bond acceptors (Lipinski definition) is 4. The first-order chi connectivity index (χ1) is 9.74. The van der Waals surface area contributed by atoms with Gasteiger partial charge in [-0.3, -0.25) is 0 Å². The lowest BCUT2D eigenvalue weighted by Crippen LogP contribution is -2.39. The average molecular weight is 310 g/mol. The van der Waals surface area contributed by atoms with Crippen LogP contribution in [0.15, 0.2) is 36.7 Å². The normalized spacial score (nSPS) is 19.1. The number of morpholine rings is 1. The molecule has 1 saturated heterocycles. The van der Waals surface area contributed by atoms with Gasteiger partial charge in [-0.15, -0.1) is 0 Å². The summed E-state index contributed by atoms with van der Waals surface area (Å²) in [5, 5.41) is 1.09. The predicted molar refractivity (Wildman–Crippen MR) is 79.4 cm³/mol. The van der Waals surface area contributed by atoms with Crippen molar-refractivity contribution in [3.05, 3.63) is 52.3 Å². The van der Waals surface area contributed by atoms with Crippen molar-refractivity contribution < 1.29 is 4.74 Å². The van der Waals surface area contributed by atoms with E-state index in [1.54, 1.807) is 24.5 Å². The smallest absolute Gasteiger partial charge is 0.225 e. The van der Waals surface area contributed by atoms with Crippen LogP contribution in [0.1, 0.15) is 11.7 Å². The number of nitrogens with zero attached hydrogens (tertiary/aromatic N) is 3. The molecule has 1 unspecified atom stereocenters. The van der Waals surface area contributed by atoms with Crippen molar-refractivity contribution in [2.24, 2.45) is 0 Å². The molecule has 0 amide bonds. The molecule has 1 aliphatic heterocycles. The van der Waals surface area contributed by atoms with Gasteiger partial charge in [-0.05, 0) is 23.8 Å². The summed E-state index contributed by atoms with van der Waals surface area (Å²) in [6, 6.07) is 7.39. The number of rotatable bonds is 2. The maximum atomic E-state index is 6.06. The second-order valence-corrected chi connectivity index (χ2v) is 5.34. The highest BCUT2D eigenvalue weighted by atomic mass is 35.5. The minimum absolute atomic E-state index is 0.0534. The van der Waals surface area contributed by atoms with Gasteiger partial charge in [0, 0.05) is 18.9 Å². The number of ether oxygens (including phenoxy) is 1. The molecule has 0 saturated carbocycles. The Morgan fingerprint density at radius 2 is 1.95 bits per heavy atom. The topological polar surface area (TPSA) is 38.2 Å². The van der Waals surface area contributed by atoms with E-state index in [9.17, 15) is 0 Å². The van der Waals surface area contributed by atoms with Crippen LogP contribution in [0, 0.1) is 0 Å². The minimum Gasteiger partial charge on any atom is -0.370 e. The van der Waals surface area contributed by atoms with E-state index < -0.39 is 0 Å². The zero-order valence-corrected chi connectivity index (χ0v) is 12.2. The predicted octanol–water partition coefficient (Wildman–Crippen LogP) is 3.36. The molecule has 1 aromatic carbocycles. The number of anilines is 1. The average Bonchev–Trinajstić information content (AvgIpc) is 2.51. The molecule has 1 fully saturated rings. The first-order valence-corrected chi connectivity index (χ1v) is 7.08. The Balaban J connectivity index is 1.79. The second-order valence-electron chi connectivity index (χ2n) is 4.53. The molecule has 104 valence electrons. The van der Waals surface area contributed by atoms with Crippen molar-refractivity contribution >= 4 is 29.2 Å². The molecule has 3 rings (SSSR count). The van der Waals surface area contributed by atoms with Crippen LogP contribution >= 0.6 is 23.2 Å². The Morgan fingerprint density at radius 3 is 2.70 bits per heavy atom. The van der Waals surface area contributed by atoms with Gasteiger partial charge < -0.3 is 9.64 Å². The van der Waals surface area contributed by atoms with Crippen molar-refractivity contribution in [3.8, 4) is 0 Å². The summed E-state index contributed by atoms with van der Waals surface area (Å²) >= 11 is 12.0. The Bertz CT molecular complexity index is 594. The maximum Gasteiger partial charge on any atom is 0.225 e. The van der Waals surface area contributed by atoms with E-state index in [1.807, 2.05) is 12.1 Å². The van der Waals surface area contributed by atoms with Gasteiger partial charge in [0.15, 0.2) is 0 Å². The zero-order valence-electron chi connectivity index (χ0n) is 10.7. The highest BCUT2D eigenvalue weighted by Crippen LogP contribution is 2.29. The number of hydrogen-bond donors (Lipinski definition) is 0. The quantitative estimate of drug-likeness (QED) is 0.852. The number of aromatic nitrogens is 2. The third-order valence-electron chi connectivity index (χ3n) is 3.22. The minimum atomic E-state index is -0.0534. The van der Waals surface area contributed by atoms with E-state index in [4.69, 9.17) is 27.9 Å². The first-order valence-electron chi connectivity index (χ1n) is 6.32. The summed E-state index contributed by atoms with van der Waals surface area (Å²) in [4.78, 5) is 10.7. The monoisotopic (exact) mass is 309 g/mol. The molecule has 0 aliphatic carbocycles. The van der Waals surface area contributed by atoms with E-state index in [0.29, 0.717) is 23.2 Å². The molecule has 0 radical (unpaired) electrons. The summed E-state index contributed by atoms with van der Waals surface area (Å²) in [5.41, 5.74) is 1.01. The van der Waals surface area contributed by atoms with Crippen molar-refractivity contribution in [2.45, 2.75) is 6.10 Å². The molecule has 6 heteroatoms. The summed E-state index contributed by atoms with van der Waals surface area (Å²) in [6.45, 7) is 2.10. The van der Waals surface area contributed by atoms with Gasteiger partial charge in [-0.25, -0.2) is 9.97 Å². The Morgan fingerprint density at radius 1 is 1.15 bits per heavy atom. The highest BCUT2D eigenvalue weighted by molar-refractivity contribution is 6.42. The molecule has 0 N–H and O–H groups in total. The standard InChI is InChI=1S/C14H13Cl2N3O/c15-11-3-2-10(8-12(11)16)13-9-19(6-7-20-13)14-17-4-1-5-18-14/h1-5,8,13H,6-7,9H2. The van der Waals surface area contributed by atoms with Crippen LogP contribution in [0.25, 0.3) is 0 Å². The van der Waals surface area contributed by atoms with Crippen LogP contribution in [0.2, 0.25) is 10.0 Å². The molecule has 1 atom stereocenters. The number of benzene rings is 1. The van der Waals surface area contributed by atoms with Gasteiger partial charge in [-0.1, -0.05) is 29.3 Å². The molecule has 1 aliphatic rings. The molecular weight excluding hydrogens is 297 g/mol. The second kappa shape index (κ2) is 5.95. The van der Waals surface area contributed by atoms with Gasteiger partial charge in [0.05, 0.1) is 23.2 Å². The van der Waals surface area contributed by atoms with Crippen LogP contribution in [-0.2, 0) is 4.74 Å². The van der Waals surface area contributed by atoms with Gasteiger partial charge in [-0.2, -0.15) is 0 Å². The molecule has 20 heavy (non-hydrogen) atoms. The molecule has 0 spiro atoms. The van der Waals surface area contributed by atoms with Crippen LogP contribution < -0.4 is 4.90 Å². The van der Waals surface area contributed by atoms with Gasteiger partial charge in [0.25, 0.3) is 0 Å². The molecule has 2 aromatic rings. The Kier molecular flexibility index (Phi) is 4.05. The fourth-order valence-electron chi connectivity index (χ4n) is 2.20. The summed E-state index contributed by atoms with van der Waals surface area (Å²) in [5.74, 6) is 0.723. The molecule has 0 bridgehead atoms. The fourth-order valence-corrected chi connectivity index (χ4v) is 2.51. The lowest BCUT2D eigenvalue weighted by Gasteiger charge is -2.33. The number of halogens is 2. The van der Waals surface area contributed by atoms with Crippen molar-refractivity contribution in [1.29, 1.82) is 0 Å². The third kappa shape index (κ3) is 2.87. The summed E-state index contributed by atoms with van der Waals surface area (Å²) in [6.07, 6.45) is 3.43. The maximum absolute atomic E-state index is 6.06. The van der Waals surface area contributed by atoms with Gasteiger partial charge in [0.1, 0.15) is 6.10 Å².